The fraction of sp³-hybridized carbons (Fsp3) is 0.615. The average Bonchev–Trinajstić information content (AvgIpc) is 2.99. The van der Waals surface area contributed by atoms with Gasteiger partial charge in [-0.15, -0.1) is 0 Å². The van der Waals surface area contributed by atoms with E-state index >= 15 is 0 Å². The quantitative estimate of drug-likeness (QED) is 0.484. The summed E-state index contributed by atoms with van der Waals surface area (Å²) in [6.07, 6.45) is 3.63. The Morgan fingerprint density at radius 1 is 1.22 bits per heavy atom. The monoisotopic (exact) mass is 438 g/mol. The molecule has 32 heavy (non-hydrogen) atoms. The molecule has 1 aromatic heterocycles. The Hall–Kier alpha value is -2.34. The van der Waals surface area contributed by atoms with Crippen molar-refractivity contribution < 1.29 is 0 Å². The first kappa shape index (κ1) is 24.3. The van der Waals surface area contributed by atoms with Crippen LogP contribution in [0.3, 0.4) is 0 Å². The summed E-state index contributed by atoms with van der Waals surface area (Å²) in [5, 5.41) is 11.5. The van der Waals surface area contributed by atoms with E-state index in [1.807, 2.05) is 11.7 Å². The van der Waals surface area contributed by atoms with Gasteiger partial charge in [-0.3, -0.25) is 9.58 Å². The Kier molecular flexibility index (Phi) is 8.74. The van der Waals surface area contributed by atoms with E-state index in [1.165, 1.54) is 48.3 Å². The van der Waals surface area contributed by atoms with Crippen molar-refractivity contribution in [1.29, 1.82) is 0 Å². The Balaban J connectivity index is 1.55. The molecule has 1 saturated heterocycles. The molecule has 0 radical (unpaired) electrons. The molecule has 1 fully saturated rings. The molecule has 2 aromatic rings. The number of piperidine rings is 1. The first-order valence-corrected chi connectivity index (χ1v) is 12.2. The molecular formula is C26H42N6. The molecule has 1 aliphatic rings. The van der Waals surface area contributed by atoms with Crippen molar-refractivity contribution in [3.8, 4) is 0 Å². The van der Waals surface area contributed by atoms with Crippen molar-refractivity contribution in [1.82, 2.24) is 25.3 Å². The smallest absolute Gasteiger partial charge is 0.191 e. The van der Waals surface area contributed by atoms with Gasteiger partial charge in [-0.05, 0) is 76.1 Å². The Morgan fingerprint density at radius 2 is 1.94 bits per heavy atom. The molecule has 0 saturated carbocycles. The first-order valence-electron chi connectivity index (χ1n) is 12.2. The van der Waals surface area contributed by atoms with Crippen LogP contribution < -0.4 is 10.6 Å². The number of nitrogens with one attached hydrogen (secondary N) is 2. The van der Waals surface area contributed by atoms with E-state index in [0.29, 0.717) is 6.54 Å². The lowest BCUT2D eigenvalue weighted by molar-refractivity contribution is 0.176. The third-order valence-electron chi connectivity index (χ3n) is 6.49. The third kappa shape index (κ3) is 6.83. The molecule has 2 unspecified atom stereocenters. The van der Waals surface area contributed by atoms with Gasteiger partial charge in [0, 0.05) is 38.4 Å². The van der Waals surface area contributed by atoms with E-state index in [4.69, 9.17) is 4.99 Å². The molecule has 6 heteroatoms. The van der Waals surface area contributed by atoms with E-state index in [1.54, 1.807) is 0 Å². The van der Waals surface area contributed by atoms with Gasteiger partial charge in [-0.2, -0.15) is 5.10 Å². The molecule has 3 rings (SSSR count). The van der Waals surface area contributed by atoms with Gasteiger partial charge in [0.25, 0.3) is 0 Å². The molecule has 0 amide bonds. The summed E-state index contributed by atoms with van der Waals surface area (Å²) >= 11 is 0. The highest BCUT2D eigenvalue weighted by Crippen LogP contribution is 2.18. The lowest BCUT2D eigenvalue weighted by Gasteiger charge is -2.30. The minimum Gasteiger partial charge on any atom is -0.357 e. The second kappa shape index (κ2) is 11.5. The van der Waals surface area contributed by atoms with Crippen LogP contribution in [0.5, 0.6) is 0 Å². The van der Waals surface area contributed by atoms with Crippen LogP contribution in [0.4, 0.5) is 0 Å². The third-order valence-corrected chi connectivity index (χ3v) is 6.49. The van der Waals surface area contributed by atoms with E-state index in [-0.39, 0.29) is 6.04 Å². The van der Waals surface area contributed by atoms with Gasteiger partial charge in [0.2, 0.25) is 0 Å². The lowest BCUT2D eigenvalue weighted by Crippen LogP contribution is -2.43. The molecular weight excluding hydrogens is 396 g/mol. The predicted molar refractivity (Wildman–Crippen MR) is 134 cm³/mol. The molecule has 0 aliphatic carbocycles. The summed E-state index contributed by atoms with van der Waals surface area (Å²) in [5.41, 5.74) is 6.30. The number of aryl methyl sites for hydroxylation is 2. The van der Waals surface area contributed by atoms with Gasteiger partial charge in [0.15, 0.2) is 5.96 Å². The molecule has 6 nitrogen and oxygen atoms in total. The van der Waals surface area contributed by atoms with Crippen molar-refractivity contribution in [2.75, 3.05) is 19.6 Å². The fourth-order valence-corrected chi connectivity index (χ4v) is 4.63. The number of hydrogen-bond acceptors (Lipinski definition) is 3. The minimum absolute atomic E-state index is 0.267. The Bertz CT molecular complexity index is 882. The van der Waals surface area contributed by atoms with Crippen LogP contribution >= 0.6 is 0 Å². The highest BCUT2D eigenvalue weighted by atomic mass is 15.3. The maximum Gasteiger partial charge on any atom is 0.191 e. The van der Waals surface area contributed by atoms with E-state index in [9.17, 15) is 0 Å². The fourth-order valence-electron chi connectivity index (χ4n) is 4.63. The average molecular weight is 439 g/mol. The molecule has 2 heterocycles. The Labute approximate surface area is 194 Å². The van der Waals surface area contributed by atoms with Gasteiger partial charge < -0.3 is 10.6 Å². The van der Waals surface area contributed by atoms with Gasteiger partial charge in [0.1, 0.15) is 0 Å². The van der Waals surface area contributed by atoms with Crippen molar-refractivity contribution >= 4 is 5.96 Å². The summed E-state index contributed by atoms with van der Waals surface area (Å²) in [4.78, 5) is 7.42. The van der Waals surface area contributed by atoms with E-state index < -0.39 is 0 Å². The minimum atomic E-state index is 0.267. The second-order valence-corrected chi connectivity index (χ2v) is 9.52. The zero-order valence-corrected chi connectivity index (χ0v) is 20.9. The van der Waals surface area contributed by atoms with Crippen molar-refractivity contribution in [3.05, 3.63) is 52.3 Å². The number of aromatic nitrogens is 2. The van der Waals surface area contributed by atoms with Gasteiger partial charge >= 0.3 is 0 Å². The highest BCUT2D eigenvalue weighted by molar-refractivity contribution is 5.80. The number of nitrogens with zero attached hydrogens (tertiary/aromatic N) is 4. The standard InChI is InChI=1S/C26H42N6/c1-7-27-26(29-20(3)15-25-21(4)30-31(6)22(25)5)28-16-23-10-12-24(13-11-23)18-32-14-8-9-19(2)17-32/h10-13,19-20H,7-9,14-18H2,1-6H3,(H2,27,28,29). The Morgan fingerprint density at radius 3 is 2.56 bits per heavy atom. The van der Waals surface area contributed by atoms with Crippen molar-refractivity contribution in [2.24, 2.45) is 18.0 Å². The van der Waals surface area contributed by atoms with Crippen LogP contribution in [-0.4, -0.2) is 46.3 Å². The molecule has 0 bridgehead atoms. The molecule has 2 N–H and O–H groups in total. The summed E-state index contributed by atoms with van der Waals surface area (Å²) in [5.74, 6) is 1.69. The number of hydrogen-bond donors (Lipinski definition) is 2. The van der Waals surface area contributed by atoms with Crippen LogP contribution in [0.25, 0.3) is 0 Å². The van der Waals surface area contributed by atoms with Gasteiger partial charge in [-0.25, -0.2) is 4.99 Å². The second-order valence-electron chi connectivity index (χ2n) is 9.52. The van der Waals surface area contributed by atoms with Crippen LogP contribution in [0, 0.1) is 19.8 Å². The van der Waals surface area contributed by atoms with Gasteiger partial charge in [0.05, 0.1) is 12.2 Å². The number of aliphatic imine (C=N–C) groups is 1. The zero-order chi connectivity index (χ0) is 23.1. The zero-order valence-electron chi connectivity index (χ0n) is 20.9. The molecule has 1 aromatic carbocycles. The number of guanidine groups is 1. The summed E-state index contributed by atoms with van der Waals surface area (Å²) in [7, 11) is 2.01. The van der Waals surface area contributed by atoms with Crippen molar-refractivity contribution in [2.45, 2.75) is 73.0 Å². The maximum atomic E-state index is 4.83. The number of rotatable bonds is 8. The van der Waals surface area contributed by atoms with E-state index in [2.05, 4.69) is 79.5 Å². The first-order chi connectivity index (χ1) is 15.4. The molecule has 2 atom stereocenters. The normalized spacial score (nSPS) is 18.6. The lowest BCUT2D eigenvalue weighted by atomic mass is 9.99. The van der Waals surface area contributed by atoms with Gasteiger partial charge in [-0.1, -0.05) is 31.2 Å². The number of benzene rings is 1. The summed E-state index contributed by atoms with van der Waals surface area (Å²) < 4.78 is 1.96. The van der Waals surface area contributed by atoms with Crippen molar-refractivity contribution in [3.63, 3.8) is 0 Å². The van der Waals surface area contributed by atoms with Crippen LogP contribution in [0.15, 0.2) is 29.3 Å². The van der Waals surface area contributed by atoms with Crippen LogP contribution in [0.2, 0.25) is 0 Å². The van der Waals surface area contributed by atoms with Crippen LogP contribution in [0.1, 0.15) is 61.7 Å². The van der Waals surface area contributed by atoms with E-state index in [0.717, 1.165) is 37.1 Å². The predicted octanol–water partition coefficient (Wildman–Crippen LogP) is 3.96. The largest absolute Gasteiger partial charge is 0.357 e. The maximum absolute atomic E-state index is 4.83. The van der Waals surface area contributed by atoms with Crippen LogP contribution in [-0.2, 0) is 26.6 Å². The number of likely N-dealkylation sites (tertiary alicyclic amines) is 1. The SMILES string of the molecule is CCNC(=NCc1ccc(CN2CCCC(C)C2)cc1)NC(C)Cc1c(C)nn(C)c1C. The topological polar surface area (TPSA) is 57.5 Å². The summed E-state index contributed by atoms with van der Waals surface area (Å²) in [6, 6.07) is 9.24. The molecule has 0 spiro atoms. The molecule has 1 aliphatic heterocycles. The summed E-state index contributed by atoms with van der Waals surface area (Å²) in [6.45, 7) is 15.9. The highest BCUT2D eigenvalue weighted by Gasteiger charge is 2.16. The molecule has 176 valence electrons.